The summed E-state index contributed by atoms with van der Waals surface area (Å²) < 4.78 is 20.5. The van der Waals surface area contributed by atoms with Crippen molar-refractivity contribution in [2.24, 2.45) is 0 Å². The smallest absolute Gasteiger partial charge is 0.165 e. The van der Waals surface area contributed by atoms with Gasteiger partial charge in [-0.05, 0) is 49.4 Å². The summed E-state index contributed by atoms with van der Waals surface area (Å²) in [6.07, 6.45) is 0. The predicted octanol–water partition coefficient (Wildman–Crippen LogP) is 4.80. The molecule has 0 saturated heterocycles. The molecule has 0 heterocycles. The predicted molar refractivity (Wildman–Crippen MR) is 82.7 cm³/mol. The Hall–Kier alpha value is -1.39. The maximum Gasteiger partial charge on any atom is 0.165 e. The minimum absolute atomic E-state index is 0.255. The van der Waals surface area contributed by atoms with Crippen LogP contribution in [0.2, 0.25) is 0 Å². The molecule has 1 N–H and O–H groups in total. The van der Waals surface area contributed by atoms with Gasteiger partial charge in [0.15, 0.2) is 11.6 Å². The Morgan fingerprint density at radius 3 is 2.70 bits per heavy atom. The van der Waals surface area contributed by atoms with Gasteiger partial charge in [-0.2, -0.15) is 0 Å². The van der Waals surface area contributed by atoms with E-state index in [0.717, 1.165) is 22.1 Å². The zero-order chi connectivity index (χ0) is 14.5. The van der Waals surface area contributed by atoms with Crippen molar-refractivity contribution in [1.29, 1.82) is 0 Å². The molecule has 0 unspecified atom stereocenters. The number of nitrogens with one attached hydrogen (secondary N) is 1. The normalized spacial score (nSPS) is 10.6. The summed E-state index contributed by atoms with van der Waals surface area (Å²) in [5.74, 6) is 0.566. The van der Waals surface area contributed by atoms with Gasteiger partial charge in [0.25, 0.3) is 0 Å². The first-order valence-corrected chi connectivity index (χ1v) is 7.32. The molecular weight excluding hydrogens is 321 g/mol. The zero-order valence-corrected chi connectivity index (χ0v) is 13.1. The van der Waals surface area contributed by atoms with E-state index in [4.69, 9.17) is 4.74 Å². The second kappa shape index (κ2) is 6.86. The van der Waals surface area contributed by atoms with Crippen LogP contribution in [0.15, 0.2) is 40.9 Å². The van der Waals surface area contributed by atoms with Crippen molar-refractivity contribution in [3.8, 4) is 11.5 Å². The van der Waals surface area contributed by atoms with Crippen LogP contribution in [0.4, 0.5) is 4.39 Å². The molecule has 0 aliphatic rings. The first kappa shape index (κ1) is 15.0. The van der Waals surface area contributed by atoms with Gasteiger partial charge in [0.05, 0.1) is 0 Å². The average Bonchev–Trinajstić information content (AvgIpc) is 2.43. The first-order chi connectivity index (χ1) is 9.60. The monoisotopic (exact) mass is 337 g/mol. The molecule has 2 nitrogen and oxygen atoms in total. The number of hydrogen-bond acceptors (Lipinski definition) is 2. The number of aryl methyl sites for hydroxylation is 1. The summed E-state index contributed by atoms with van der Waals surface area (Å²) in [5, 5.41) is 3.25. The lowest BCUT2D eigenvalue weighted by Crippen LogP contribution is -2.12. The number of benzene rings is 2. The molecule has 0 bridgehead atoms. The standard InChI is InChI=1S/C16H17BrFNO/c1-3-19-10-12-9-13(17)5-7-15(12)20-16-8-11(2)4-6-14(16)18/h4-9,19H,3,10H2,1-2H3. The molecule has 20 heavy (non-hydrogen) atoms. The molecule has 2 aromatic carbocycles. The van der Waals surface area contributed by atoms with Crippen LogP contribution in [0.1, 0.15) is 18.1 Å². The van der Waals surface area contributed by atoms with Gasteiger partial charge in [0.1, 0.15) is 5.75 Å². The molecule has 0 saturated carbocycles. The molecule has 0 amide bonds. The minimum atomic E-state index is -0.354. The quantitative estimate of drug-likeness (QED) is 0.846. The highest BCUT2D eigenvalue weighted by Crippen LogP contribution is 2.30. The summed E-state index contributed by atoms with van der Waals surface area (Å²) in [6.45, 7) is 5.50. The molecule has 2 aromatic rings. The average molecular weight is 338 g/mol. The van der Waals surface area contributed by atoms with Crippen molar-refractivity contribution < 1.29 is 9.13 Å². The second-order valence-electron chi connectivity index (χ2n) is 4.57. The summed E-state index contributed by atoms with van der Waals surface area (Å²) in [6, 6.07) is 10.6. The maximum atomic E-state index is 13.8. The van der Waals surface area contributed by atoms with E-state index in [-0.39, 0.29) is 11.6 Å². The van der Waals surface area contributed by atoms with Gasteiger partial charge in [-0.1, -0.05) is 28.9 Å². The first-order valence-electron chi connectivity index (χ1n) is 6.53. The van der Waals surface area contributed by atoms with Gasteiger partial charge in [-0.15, -0.1) is 0 Å². The van der Waals surface area contributed by atoms with Crippen molar-refractivity contribution in [3.05, 3.63) is 57.8 Å². The Morgan fingerprint density at radius 2 is 1.95 bits per heavy atom. The fraction of sp³-hybridized carbons (Fsp3) is 0.250. The van der Waals surface area contributed by atoms with E-state index in [1.807, 2.05) is 32.0 Å². The molecule has 4 heteroatoms. The Bertz CT molecular complexity index is 601. The Labute approximate surface area is 127 Å². The molecule has 2 rings (SSSR count). The van der Waals surface area contributed by atoms with Crippen LogP contribution in [0.3, 0.4) is 0 Å². The van der Waals surface area contributed by atoms with Crippen molar-refractivity contribution in [2.45, 2.75) is 20.4 Å². The van der Waals surface area contributed by atoms with E-state index < -0.39 is 0 Å². The number of halogens is 2. The Kier molecular flexibility index (Phi) is 5.15. The van der Waals surface area contributed by atoms with Crippen LogP contribution in [-0.4, -0.2) is 6.54 Å². The highest BCUT2D eigenvalue weighted by atomic mass is 79.9. The highest BCUT2D eigenvalue weighted by Gasteiger charge is 2.09. The molecule has 0 aromatic heterocycles. The van der Waals surface area contributed by atoms with Gasteiger partial charge in [-0.25, -0.2) is 4.39 Å². The molecule has 106 valence electrons. The molecule has 0 fully saturated rings. The van der Waals surface area contributed by atoms with Gasteiger partial charge in [0.2, 0.25) is 0 Å². The summed E-state index contributed by atoms with van der Waals surface area (Å²) in [7, 11) is 0. The number of ether oxygens (including phenoxy) is 1. The van der Waals surface area contributed by atoms with Crippen LogP contribution in [0, 0.1) is 12.7 Å². The molecule has 0 aliphatic heterocycles. The minimum Gasteiger partial charge on any atom is -0.454 e. The molecule has 0 aliphatic carbocycles. The van der Waals surface area contributed by atoms with Crippen molar-refractivity contribution in [3.63, 3.8) is 0 Å². The topological polar surface area (TPSA) is 21.3 Å². The third-order valence-corrected chi connectivity index (χ3v) is 3.39. The van der Waals surface area contributed by atoms with Gasteiger partial charge < -0.3 is 10.1 Å². The summed E-state index contributed by atoms with van der Waals surface area (Å²) in [4.78, 5) is 0. The van der Waals surface area contributed by atoms with Crippen LogP contribution in [-0.2, 0) is 6.54 Å². The Morgan fingerprint density at radius 1 is 1.15 bits per heavy atom. The van der Waals surface area contributed by atoms with E-state index in [9.17, 15) is 4.39 Å². The largest absolute Gasteiger partial charge is 0.454 e. The Balaban J connectivity index is 2.30. The SMILES string of the molecule is CCNCc1cc(Br)ccc1Oc1cc(C)ccc1F. The maximum absolute atomic E-state index is 13.8. The lowest BCUT2D eigenvalue weighted by Gasteiger charge is -2.13. The lowest BCUT2D eigenvalue weighted by atomic mass is 10.2. The van der Waals surface area contributed by atoms with Crippen molar-refractivity contribution >= 4 is 15.9 Å². The second-order valence-corrected chi connectivity index (χ2v) is 5.48. The van der Waals surface area contributed by atoms with Gasteiger partial charge >= 0.3 is 0 Å². The fourth-order valence-electron chi connectivity index (χ4n) is 1.85. The molecular formula is C16H17BrFNO. The van der Waals surface area contributed by atoms with E-state index in [1.165, 1.54) is 6.07 Å². The lowest BCUT2D eigenvalue weighted by molar-refractivity contribution is 0.435. The third kappa shape index (κ3) is 3.81. The van der Waals surface area contributed by atoms with Crippen molar-refractivity contribution in [1.82, 2.24) is 5.32 Å². The van der Waals surface area contributed by atoms with Crippen LogP contribution in [0.25, 0.3) is 0 Å². The van der Waals surface area contributed by atoms with E-state index >= 15 is 0 Å². The number of hydrogen-bond donors (Lipinski definition) is 1. The zero-order valence-electron chi connectivity index (χ0n) is 11.5. The van der Waals surface area contributed by atoms with Crippen LogP contribution in [0.5, 0.6) is 11.5 Å². The molecule has 0 radical (unpaired) electrons. The summed E-state index contributed by atoms with van der Waals surface area (Å²) in [5.41, 5.74) is 1.95. The van der Waals surface area contributed by atoms with E-state index in [0.29, 0.717) is 12.3 Å². The third-order valence-electron chi connectivity index (χ3n) is 2.89. The molecule has 0 atom stereocenters. The fourth-order valence-corrected chi connectivity index (χ4v) is 2.26. The van der Waals surface area contributed by atoms with E-state index in [1.54, 1.807) is 12.1 Å². The van der Waals surface area contributed by atoms with Crippen LogP contribution < -0.4 is 10.1 Å². The highest BCUT2D eigenvalue weighted by molar-refractivity contribution is 9.10. The molecule has 0 spiro atoms. The van der Waals surface area contributed by atoms with E-state index in [2.05, 4.69) is 21.2 Å². The van der Waals surface area contributed by atoms with Crippen molar-refractivity contribution in [2.75, 3.05) is 6.54 Å². The summed E-state index contributed by atoms with van der Waals surface area (Å²) >= 11 is 3.44. The van der Waals surface area contributed by atoms with Gasteiger partial charge in [0, 0.05) is 16.6 Å². The van der Waals surface area contributed by atoms with Gasteiger partial charge in [-0.3, -0.25) is 0 Å². The number of rotatable bonds is 5. The van der Waals surface area contributed by atoms with Crippen LogP contribution >= 0.6 is 15.9 Å².